The number of hydrogen-bond donors (Lipinski definition) is 2. The average molecular weight is 190 g/mol. The van der Waals surface area contributed by atoms with Gasteiger partial charge < -0.3 is 10.2 Å². The van der Waals surface area contributed by atoms with E-state index in [1.54, 1.807) is 6.92 Å². The lowest BCUT2D eigenvalue weighted by atomic mass is 10.0. The second-order valence-corrected chi connectivity index (χ2v) is 3.07. The van der Waals surface area contributed by atoms with Gasteiger partial charge in [0.25, 0.3) is 0 Å². The lowest BCUT2D eigenvalue weighted by molar-refractivity contribution is 0.108. The van der Waals surface area contributed by atoms with Gasteiger partial charge in [0.2, 0.25) is 0 Å². The van der Waals surface area contributed by atoms with E-state index in [0.29, 0.717) is 0 Å². The molecule has 0 aliphatic rings. The number of benzene rings is 1. The van der Waals surface area contributed by atoms with Crippen molar-refractivity contribution >= 4 is 0 Å². The molecular formula is C12H14O2. The summed E-state index contributed by atoms with van der Waals surface area (Å²) < 4.78 is 0. The molecule has 0 aliphatic heterocycles. The van der Waals surface area contributed by atoms with Crippen molar-refractivity contribution in [1.82, 2.24) is 0 Å². The first-order chi connectivity index (χ1) is 6.74. The zero-order chi connectivity index (χ0) is 10.4. The molecule has 2 heteroatoms. The van der Waals surface area contributed by atoms with Crippen LogP contribution < -0.4 is 0 Å². The summed E-state index contributed by atoms with van der Waals surface area (Å²) in [7, 11) is 0. The van der Waals surface area contributed by atoms with Crippen molar-refractivity contribution in [3.8, 4) is 11.8 Å². The zero-order valence-electron chi connectivity index (χ0n) is 8.14. The van der Waals surface area contributed by atoms with Crippen LogP contribution in [0.3, 0.4) is 0 Å². The maximum Gasteiger partial charge on any atom is 0.117 e. The van der Waals surface area contributed by atoms with E-state index < -0.39 is 12.2 Å². The van der Waals surface area contributed by atoms with E-state index in [4.69, 9.17) is 0 Å². The van der Waals surface area contributed by atoms with Crippen molar-refractivity contribution in [2.75, 3.05) is 0 Å². The number of hydrogen-bond acceptors (Lipinski definition) is 2. The summed E-state index contributed by atoms with van der Waals surface area (Å²) >= 11 is 0. The van der Waals surface area contributed by atoms with E-state index in [1.807, 2.05) is 30.3 Å². The van der Waals surface area contributed by atoms with Gasteiger partial charge in [-0.1, -0.05) is 36.3 Å². The fourth-order valence-electron chi connectivity index (χ4n) is 1.25. The second-order valence-electron chi connectivity index (χ2n) is 3.07. The van der Waals surface area contributed by atoms with Gasteiger partial charge in [-0.3, -0.25) is 0 Å². The molecule has 0 radical (unpaired) electrons. The van der Waals surface area contributed by atoms with Crippen LogP contribution in [0.25, 0.3) is 0 Å². The standard InChI is InChI=1S/C12H14O2/c1-2-6-11(13)9-12(14)10-7-4-3-5-8-10/h3-5,7-8,11-14H,9H2,1H3/t11-,12-/m0/s1. The van der Waals surface area contributed by atoms with Gasteiger partial charge in [0, 0.05) is 6.42 Å². The molecule has 0 spiro atoms. The molecule has 0 aromatic heterocycles. The fraction of sp³-hybridized carbons (Fsp3) is 0.333. The van der Waals surface area contributed by atoms with Gasteiger partial charge in [-0.2, -0.15) is 0 Å². The molecule has 74 valence electrons. The summed E-state index contributed by atoms with van der Waals surface area (Å²) in [6.45, 7) is 1.66. The van der Waals surface area contributed by atoms with Gasteiger partial charge in [-0.15, -0.1) is 5.92 Å². The molecule has 2 N–H and O–H groups in total. The highest BCUT2D eigenvalue weighted by atomic mass is 16.3. The highest BCUT2D eigenvalue weighted by Crippen LogP contribution is 2.17. The summed E-state index contributed by atoms with van der Waals surface area (Å²) in [4.78, 5) is 0. The third-order valence-electron chi connectivity index (χ3n) is 1.94. The van der Waals surface area contributed by atoms with Crippen LogP contribution in [0.4, 0.5) is 0 Å². The van der Waals surface area contributed by atoms with Crippen LogP contribution in [-0.2, 0) is 0 Å². The van der Waals surface area contributed by atoms with Gasteiger partial charge in [0.15, 0.2) is 0 Å². The molecule has 1 aromatic rings. The van der Waals surface area contributed by atoms with Crippen molar-refractivity contribution in [2.45, 2.75) is 25.6 Å². The molecule has 1 rings (SSSR count). The minimum absolute atomic E-state index is 0.255. The number of aliphatic hydroxyl groups excluding tert-OH is 2. The van der Waals surface area contributed by atoms with Crippen LogP contribution in [0, 0.1) is 11.8 Å². The maximum atomic E-state index is 9.69. The van der Waals surface area contributed by atoms with E-state index in [1.165, 1.54) is 0 Å². The molecule has 0 aliphatic carbocycles. The van der Waals surface area contributed by atoms with Crippen molar-refractivity contribution in [3.05, 3.63) is 35.9 Å². The quantitative estimate of drug-likeness (QED) is 0.709. The highest BCUT2D eigenvalue weighted by Gasteiger charge is 2.10. The van der Waals surface area contributed by atoms with E-state index in [0.717, 1.165) is 5.56 Å². The molecule has 0 unspecified atom stereocenters. The van der Waals surface area contributed by atoms with Crippen molar-refractivity contribution in [2.24, 2.45) is 0 Å². The van der Waals surface area contributed by atoms with E-state index in [9.17, 15) is 10.2 Å². The lowest BCUT2D eigenvalue weighted by Gasteiger charge is -2.11. The van der Waals surface area contributed by atoms with Crippen molar-refractivity contribution < 1.29 is 10.2 Å². The summed E-state index contributed by atoms with van der Waals surface area (Å²) in [6, 6.07) is 9.26. The van der Waals surface area contributed by atoms with Gasteiger partial charge in [-0.05, 0) is 12.5 Å². The number of aliphatic hydroxyl groups is 2. The summed E-state index contributed by atoms with van der Waals surface area (Å²) in [5.74, 6) is 5.20. The Morgan fingerprint density at radius 1 is 1.21 bits per heavy atom. The van der Waals surface area contributed by atoms with Crippen LogP contribution in [0.1, 0.15) is 25.0 Å². The molecule has 1 aromatic carbocycles. The molecule has 14 heavy (non-hydrogen) atoms. The monoisotopic (exact) mass is 190 g/mol. The minimum atomic E-state index is -0.754. The molecule has 0 bridgehead atoms. The molecule has 0 saturated carbocycles. The summed E-state index contributed by atoms with van der Waals surface area (Å²) in [6.07, 6.45) is -1.15. The average Bonchev–Trinajstić information content (AvgIpc) is 2.19. The van der Waals surface area contributed by atoms with Gasteiger partial charge in [-0.25, -0.2) is 0 Å². The highest BCUT2D eigenvalue weighted by molar-refractivity contribution is 5.18. The molecule has 2 nitrogen and oxygen atoms in total. The van der Waals surface area contributed by atoms with Crippen molar-refractivity contribution in [1.29, 1.82) is 0 Å². The summed E-state index contributed by atoms with van der Waals surface area (Å²) in [5.41, 5.74) is 0.810. The Kier molecular flexibility index (Phi) is 4.18. The van der Waals surface area contributed by atoms with Crippen LogP contribution in [0.2, 0.25) is 0 Å². The van der Waals surface area contributed by atoms with Gasteiger partial charge in [0.1, 0.15) is 6.10 Å². The Morgan fingerprint density at radius 3 is 2.43 bits per heavy atom. The Hall–Kier alpha value is -1.30. The maximum absolute atomic E-state index is 9.69. The predicted octanol–water partition coefficient (Wildman–Crippen LogP) is 1.49. The van der Waals surface area contributed by atoms with Crippen LogP contribution in [0.5, 0.6) is 0 Å². The lowest BCUT2D eigenvalue weighted by Crippen LogP contribution is -2.09. The molecular weight excluding hydrogens is 176 g/mol. The first kappa shape index (κ1) is 10.8. The van der Waals surface area contributed by atoms with Gasteiger partial charge >= 0.3 is 0 Å². The normalized spacial score (nSPS) is 13.9. The molecule has 0 amide bonds. The largest absolute Gasteiger partial charge is 0.388 e. The number of rotatable bonds is 3. The SMILES string of the molecule is CC#C[C@H](O)C[C@H](O)c1ccccc1. The second kappa shape index (κ2) is 5.43. The fourth-order valence-corrected chi connectivity index (χ4v) is 1.25. The Balaban J connectivity index is 2.57. The third kappa shape index (κ3) is 3.21. The Bertz CT molecular complexity index is 321. The molecule has 0 heterocycles. The van der Waals surface area contributed by atoms with E-state index in [2.05, 4.69) is 11.8 Å². The first-order valence-corrected chi connectivity index (χ1v) is 4.57. The molecule has 0 fully saturated rings. The Labute approximate surface area is 84.2 Å². The summed E-state index contributed by atoms with van der Waals surface area (Å²) in [5, 5.41) is 19.0. The van der Waals surface area contributed by atoms with Crippen LogP contribution in [0.15, 0.2) is 30.3 Å². The van der Waals surface area contributed by atoms with Crippen LogP contribution in [-0.4, -0.2) is 16.3 Å². The topological polar surface area (TPSA) is 40.5 Å². The molecule has 2 atom stereocenters. The first-order valence-electron chi connectivity index (χ1n) is 4.57. The van der Waals surface area contributed by atoms with E-state index >= 15 is 0 Å². The smallest absolute Gasteiger partial charge is 0.117 e. The minimum Gasteiger partial charge on any atom is -0.388 e. The predicted molar refractivity (Wildman–Crippen MR) is 55.5 cm³/mol. The zero-order valence-corrected chi connectivity index (χ0v) is 8.14. The van der Waals surface area contributed by atoms with E-state index in [-0.39, 0.29) is 6.42 Å². The molecule has 0 saturated heterocycles. The van der Waals surface area contributed by atoms with Crippen molar-refractivity contribution in [3.63, 3.8) is 0 Å². The Morgan fingerprint density at radius 2 is 1.86 bits per heavy atom. The van der Waals surface area contributed by atoms with Gasteiger partial charge in [0.05, 0.1) is 6.10 Å². The van der Waals surface area contributed by atoms with Crippen LogP contribution >= 0.6 is 0 Å². The third-order valence-corrected chi connectivity index (χ3v) is 1.94.